The largest absolute Gasteiger partial charge is 0.370 e. The molecule has 0 spiro atoms. The third kappa shape index (κ3) is 3.66. The predicted molar refractivity (Wildman–Crippen MR) is 90.2 cm³/mol. The second-order valence-corrected chi connectivity index (χ2v) is 5.93. The average Bonchev–Trinajstić information content (AvgIpc) is 2.74. The Morgan fingerprint density at radius 2 is 1.95 bits per heavy atom. The molecule has 0 bridgehead atoms. The van der Waals surface area contributed by atoms with E-state index in [2.05, 4.69) is 42.9 Å². The lowest BCUT2D eigenvalue weighted by Crippen LogP contribution is -2.36. The average molecular weight is 290 g/mol. The maximum atomic E-state index is 4.87. The number of anilines is 2. The topological polar surface area (TPSA) is 41.1 Å². The Hall–Kier alpha value is -1.32. The molecule has 0 radical (unpaired) electrons. The summed E-state index contributed by atoms with van der Waals surface area (Å²) in [5.41, 5.74) is 1.20. The molecule has 0 aliphatic carbocycles. The molecule has 1 aromatic rings. The van der Waals surface area contributed by atoms with Gasteiger partial charge in [-0.1, -0.05) is 26.7 Å². The van der Waals surface area contributed by atoms with Gasteiger partial charge in [-0.05, 0) is 33.1 Å². The van der Waals surface area contributed by atoms with E-state index in [1.165, 1.54) is 37.7 Å². The van der Waals surface area contributed by atoms with Crippen LogP contribution in [0.4, 0.5) is 11.6 Å². The molecule has 0 saturated carbocycles. The first-order valence-electron chi connectivity index (χ1n) is 8.59. The Kier molecular flexibility index (Phi) is 5.83. The SMILES string of the molecule is CCNc1nc(CC)nc(N2CCCCCC2CC)c1C. The van der Waals surface area contributed by atoms with Crippen LogP contribution in [0.1, 0.15) is 64.3 Å². The molecule has 1 aliphatic rings. The second kappa shape index (κ2) is 7.62. The molecule has 1 aromatic heterocycles. The van der Waals surface area contributed by atoms with Crippen LogP contribution in [0.2, 0.25) is 0 Å². The summed E-state index contributed by atoms with van der Waals surface area (Å²) < 4.78 is 0. The van der Waals surface area contributed by atoms with E-state index >= 15 is 0 Å². The first-order valence-corrected chi connectivity index (χ1v) is 8.59. The minimum atomic E-state index is 0.625. The van der Waals surface area contributed by atoms with Gasteiger partial charge in [-0.25, -0.2) is 9.97 Å². The number of hydrogen-bond acceptors (Lipinski definition) is 4. The van der Waals surface area contributed by atoms with Crippen molar-refractivity contribution >= 4 is 11.6 Å². The molecule has 21 heavy (non-hydrogen) atoms. The molecule has 4 heteroatoms. The molecule has 0 aromatic carbocycles. The fraction of sp³-hybridized carbons (Fsp3) is 0.765. The van der Waals surface area contributed by atoms with Crippen LogP contribution in [-0.2, 0) is 6.42 Å². The lowest BCUT2D eigenvalue weighted by molar-refractivity contribution is 0.550. The Balaban J connectivity index is 2.41. The standard InChI is InChI=1S/C17H30N4/c1-5-14-11-9-8-10-12-21(14)17-13(4)16(18-7-3)19-15(6-2)20-17/h14H,5-12H2,1-4H3,(H,18,19,20). The predicted octanol–water partition coefficient (Wildman–Crippen LogP) is 3.94. The monoisotopic (exact) mass is 290 g/mol. The van der Waals surface area contributed by atoms with E-state index in [1.54, 1.807) is 0 Å². The first-order chi connectivity index (χ1) is 10.2. The summed E-state index contributed by atoms with van der Waals surface area (Å²) in [4.78, 5) is 12.1. The number of aromatic nitrogens is 2. The van der Waals surface area contributed by atoms with E-state index in [1.807, 2.05) is 0 Å². The maximum Gasteiger partial charge on any atom is 0.137 e. The van der Waals surface area contributed by atoms with Gasteiger partial charge in [0.05, 0.1) is 0 Å². The normalized spacial score (nSPS) is 19.4. The van der Waals surface area contributed by atoms with Gasteiger partial charge in [0.15, 0.2) is 0 Å². The Morgan fingerprint density at radius 1 is 1.14 bits per heavy atom. The lowest BCUT2D eigenvalue weighted by atomic mass is 10.1. The van der Waals surface area contributed by atoms with Gasteiger partial charge in [-0.15, -0.1) is 0 Å². The van der Waals surface area contributed by atoms with Crippen LogP contribution in [0.25, 0.3) is 0 Å². The third-order valence-corrected chi connectivity index (χ3v) is 4.45. The molecule has 1 N–H and O–H groups in total. The highest BCUT2D eigenvalue weighted by Crippen LogP contribution is 2.30. The summed E-state index contributed by atoms with van der Waals surface area (Å²) in [6.07, 6.45) is 7.34. The summed E-state index contributed by atoms with van der Waals surface area (Å²) in [6.45, 7) is 10.7. The quantitative estimate of drug-likeness (QED) is 0.892. The number of rotatable bonds is 5. The van der Waals surface area contributed by atoms with Crippen molar-refractivity contribution in [2.75, 3.05) is 23.3 Å². The van der Waals surface area contributed by atoms with E-state index in [9.17, 15) is 0 Å². The van der Waals surface area contributed by atoms with E-state index in [0.717, 1.165) is 37.0 Å². The van der Waals surface area contributed by atoms with E-state index in [-0.39, 0.29) is 0 Å². The molecule has 2 rings (SSSR count). The van der Waals surface area contributed by atoms with E-state index in [0.29, 0.717) is 6.04 Å². The van der Waals surface area contributed by atoms with Crippen molar-refractivity contribution in [1.29, 1.82) is 0 Å². The van der Waals surface area contributed by atoms with Crippen molar-refractivity contribution in [2.45, 2.75) is 72.3 Å². The minimum Gasteiger partial charge on any atom is -0.370 e. The van der Waals surface area contributed by atoms with Crippen molar-refractivity contribution in [3.05, 3.63) is 11.4 Å². The zero-order chi connectivity index (χ0) is 15.2. The van der Waals surface area contributed by atoms with Crippen LogP contribution in [0.5, 0.6) is 0 Å². The summed E-state index contributed by atoms with van der Waals surface area (Å²) in [5, 5.41) is 3.40. The molecule has 2 heterocycles. The number of nitrogens with zero attached hydrogens (tertiary/aromatic N) is 3. The molecular weight excluding hydrogens is 260 g/mol. The van der Waals surface area contributed by atoms with Gasteiger partial charge in [-0.3, -0.25) is 0 Å². The Bertz CT molecular complexity index is 458. The molecule has 1 atom stereocenters. The van der Waals surface area contributed by atoms with Gasteiger partial charge in [0.2, 0.25) is 0 Å². The highest BCUT2D eigenvalue weighted by atomic mass is 15.2. The highest BCUT2D eigenvalue weighted by molar-refractivity contribution is 5.59. The van der Waals surface area contributed by atoms with Crippen LogP contribution < -0.4 is 10.2 Å². The maximum absolute atomic E-state index is 4.87. The molecule has 1 unspecified atom stereocenters. The van der Waals surface area contributed by atoms with Crippen LogP contribution in [0.3, 0.4) is 0 Å². The van der Waals surface area contributed by atoms with Gasteiger partial charge >= 0.3 is 0 Å². The number of aryl methyl sites for hydroxylation is 1. The molecule has 0 amide bonds. The summed E-state index contributed by atoms with van der Waals surface area (Å²) in [5.74, 6) is 3.12. The van der Waals surface area contributed by atoms with Crippen LogP contribution >= 0.6 is 0 Å². The van der Waals surface area contributed by atoms with Gasteiger partial charge in [0.1, 0.15) is 17.5 Å². The van der Waals surface area contributed by atoms with Crippen LogP contribution in [0.15, 0.2) is 0 Å². The molecule has 118 valence electrons. The van der Waals surface area contributed by atoms with Crippen molar-refractivity contribution in [3.63, 3.8) is 0 Å². The number of nitrogens with one attached hydrogen (secondary N) is 1. The molecule has 1 aliphatic heterocycles. The molecule has 1 fully saturated rings. The van der Waals surface area contributed by atoms with Crippen molar-refractivity contribution in [1.82, 2.24) is 9.97 Å². The summed E-state index contributed by atoms with van der Waals surface area (Å²) in [7, 11) is 0. The summed E-state index contributed by atoms with van der Waals surface area (Å²) >= 11 is 0. The van der Waals surface area contributed by atoms with Gasteiger partial charge in [0.25, 0.3) is 0 Å². The van der Waals surface area contributed by atoms with E-state index in [4.69, 9.17) is 4.98 Å². The number of hydrogen-bond donors (Lipinski definition) is 1. The molecular formula is C17H30N4. The van der Waals surface area contributed by atoms with Crippen LogP contribution in [-0.4, -0.2) is 29.1 Å². The Labute approximate surface area is 129 Å². The highest BCUT2D eigenvalue weighted by Gasteiger charge is 2.24. The van der Waals surface area contributed by atoms with Crippen molar-refractivity contribution in [3.8, 4) is 0 Å². The fourth-order valence-corrected chi connectivity index (χ4v) is 3.21. The van der Waals surface area contributed by atoms with Crippen molar-refractivity contribution < 1.29 is 0 Å². The zero-order valence-corrected chi connectivity index (χ0v) is 14.1. The lowest BCUT2D eigenvalue weighted by Gasteiger charge is -2.32. The third-order valence-electron chi connectivity index (χ3n) is 4.45. The Morgan fingerprint density at radius 3 is 2.62 bits per heavy atom. The zero-order valence-electron chi connectivity index (χ0n) is 14.1. The van der Waals surface area contributed by atoms with Crippen LogP contribution in [0, 0.1) is 6.92 Å². The van der Waals surface area contributed by atoms with E-state index < -0.39 is 0 Å². The molecule has 1 saturated heterocycles. The van der Waals surface area contributed by atoms with Gasteiger partial charge < -0.3 is 10.2 Å². The minimum absolute atomic E-state index is 0.625. The smallest absolute Gasteiger partial charge is 0.137 e. The van der Waals surface area contributed by atoms with Crippen molar-refractivity contribution in [2.24, 2.45) is 0 Å². The first kappa shape index (κ1) is 16.1. The van der Waals surface area contributed by atoms with Gasteiger partial charge in [-0.2, -0.15) is 0 Å². The second-order valence-electron chi connectivity index (χ2n) is 5.93. The van der Waals surface area contributed by atoms with Gasteiger partial charge in [0, 0.05) is 31.1 Å². The summed E-state index contributed by atoms with van der Waals surface area (Å²) in [6, 6.07) is 0.625. The molecule has 4 nitrogen and oxygen atoms in total. The fourth-order valence-electron chi connectivity index (χ4n) is 3.21.